The van der Waals surface area contributed by atoms with E-state index in [1.165, 1.54) is 10.4 Å². The lowest BCUT2D eigenvalue weighted by Crippen LogP contribution is -2.48. The zero-order chi connectivity index (χ0) is 19.0. The summed E-state index contributed by atoms with van der Waals surface area (Å²) in [6.45, 7) is 2.47. The van der Waals surface area contributed by atoms with Crippen molar-refractivity contribution in [2.45, 2.75) is 11.4 Å². The van der Waals surface area contributed by atoms with Crippen molar-refractivity contribution >= 4 is 44.3 Å². The van der Waals surface area contributed by atoms with E-state index in [1.54, 1.807) is 30.3 Å². The van der Waals surface area contributed by atoms with Gasteiger partial charge in [0.2, 0.25) is 10.0 Å². The average Bonchev–Trinajstić information content (AvgIpc) is 3.14. The Morgan fingerprint density at radius 1 is 0.963 bits per heavy atom. The first kappa shape index (κ1) is 18.6. The molecule has 7 nitrogen and oxygen atoms in total. The summed E-state index contributed by atoms with van der Waals surface area (Å²) >= 11 is 12.5. The van der Waals surface area contributed by atoms with E-state index >= 15 is 0 Å². The van der Waals surface area contributed by atoms with Crippen LogP contribution in [0.1, 0.15) is 5.56 Å². The molecule has 0 amide bonds. The number of piperazine rings is 1. The maximum Gasteiger partial charge on any atom is 0.245 e. The fourth-order valence-corrected chi connectivity index (χ4v) is 5.24. The molecule has 0 radical (unpaired) electrons. The van der Waals surface area contributed by atoms with Gasteiger partial charge in [-0.3, -0.25) is 4.90 Å². The van der Waals surface area contributed by atoms with Gasteiger partial charge in [-0.2, -0.15) is 4.31 Å². The molecule has 0 saturated carbocycles. The van der Waals surface area contributed by atoms with E-state index in [0.29, 0.717) is 48.3 Å². The molecule has 142 valence electrons. The molecule has 1 aromatic heterocycles. The van der Waals surface area contributed by atoms with E-state index in [-0.39, 0.29) is 10.4 Å². The largest absolute Gasteiger partial charge is 0.296 e. The topological polar surface area (TPSA) is 79.5 Å². The highest BCUT2D eigenvalue weighted by molar-refractivity contribution is 7.89. The Kier molecular flexibility index (Phi) is 5.09. The first-order valence-electron chi connectivity index (χ1n) is 8.33. The molecule has 1 aliphatic heterocycles. The monoisotopic (exact) mass is 426 g/mol. The van der Waals surface area contributed by atoms with Gasteiger partial charge in [-0.05, 0) is 34.6 Å². The average molecular weight is 427 g/mol. The maximum atomic E-state index is 13.0. The molecule has 1 fully saturated rings. The number of sulfonamides is 1. The summed E-state index contributed by atoms with van der Waals surface area (Å²) in [5.41, 5.74) is 1.53. The minimum Gasteiger partial charge on any atom is -0.296 e. The smallest absolute Gasteiger partial charge is 0.245 e. The van der Waals surface area contributed by atoms with Gasteiger partial charge in [0, 0.05) is 48.3 Å². The van der Waals surface area contributed by atoms with Crippen molar-refractivity contribution in [3.63, 3.8) is 0 Å². The van der Waals surface area contributed by atoms with E-state index in [0.717, 1.165) is 5.56 Å². The lowest BCUT2D eigenvalue weighted by atomic mass is 10.2. The van der Waals surface area contributed by atoms with Crippen LogP contribution >= 0.6 is 23.2 Å². The van der Waals surface area contributed by atoms with Crippen LogP contribution in [0.4, 0.5) is 0 Å². The Balaban J connectivity index is 1.50. The number of benzene rings is 2. The third kappa shape index (κ3) is 3.55. The first-order valence-corrected chi connectivity index (χ1v) is 10.5. The Hall–Kier alpha value is -1.71. The van der Waals surface area contributed by atoms with Gasteiger partial charge in [-0.15, -0.1) is 0 Å². The third-order valence-electron chi connectivity index (χ3n) is 4.64. The summed E-state index contributed by atoms with van der Waals surface area (Å²) in [5, 5.41) is 8.68. The molecule has 0 atom stereocenters. The van der Waals surface area contributed by atoms with Crippen molar-refractivity contribution in [2.24, 2.45) is 0 Å². The summed E-state index contributed by atoms with van der Waals surface area (Å²) < 4.78 is 32.2. The molecule has 0 spiro atoms. The third-order valence-corrected chi connectivity index (χ3v) is 7.28. The van der Waals surface area contributed by atoms with Gasteiger partial charge in [0.25, 0.3) is 0 Å². The van der Waals surface area contributed by atoms with Crippen LogP contribution in [-0.4, -0.2) is 54.1 Å². The van der Waals surface area contributed by atoms with Crippen molar-refractivity contribution in [3.05, 3.63) is 52.0 Å². The van der Waals surface area contributed by atoms with Crippen LogP contribution in [0.3, 0.4) is 0 Å². The zero-order valence-electron chi connectivity index (χ0n) is 14.2. The molecule has 2 heterocycles. The summed E-state index contributed by atoms with van der Waals surface area (Å²) in [7, 11) is -3.68. The second-order valence-electron chi connectivity index (χ2n) is 6.27. The van der Waals surface area contributed by atoms with E-state index < -0.39 is 10.0 Å². The molecule has 3 aromatic rings. The van der Waals surface area contributed by atoms with Gasteiger partial charge < -0.3 is 0 Å². The molecule has 4 rings (SSSR count). The van der Waals surface area contributed by atoms with Gasteiger partial charge >= 0.3 is 0 Å². The molecule has 27 heavy (non-hydrogen) atoms. The predicted molar refractivity (Wildman–Crippen MR) is 102 cm³/mol. The highest BCUT2D eigenvalue weighted by atomic mass is 35.5. The standard InChI is InChI=1S/C17H16Cl2N4O3S/c18-13-3-1-4-14(19)12(13)11-22-7-9-23(10-8-22)27(24,25)16-6-2-5-15-17(16)21-26-20-15/h1-6H,7-11H2. The Morgan fingerprint density at radius 2 is 1.63 bits per heavy atom. The minimum atomic E-state index is -3.68. The van der Waals surface area contributed by atoms with E-state index in [1.807, 2.05) is 0 Å². The molecule has 0 unspecified atom stereocenters. The lowest BCUT2D eigenvalue weighted by Gasteiger charge is -2.34. The van der Waals surface area contributed by atoms with E-state index in [9.17, 15) is 8.42 Å². The minimum absolute atomic E-state index is 0.115. The van der Waals surface area contributed by atoms with Crippen LogP contribution in [0.25, 0.3) is 11.0 Å². The molecule has 1 saturated heterocycles. The Bertz CT molecular complexity index is 1060. The number of hydrogen-bond acceptors (Lipinski definition) is 6. The van der Waals surface area contributed by atoms with Crippen LogP contribution < -0.4 is 0 Å². The SMILES string of the molecule is O=S(=O)(c1cccc2nonc12)N1CCN(Cc2c(Cl)cccc2Cl)CC1. The van der Waals surface area contributed by atoms with Crippen LogP contribution in [0.2, 0.25) is 10.0 Å². The summed E-state index contributed by atoms with van der Waals surface area (Å²) in [6.07, 6.45) is 0. The maximum absolute atomic E-state index is 13.0. The number of aromatic nitrogens is 2. The number of fused-ring (bicyclic) bond motifs is 1. The molecule has 0 aliphatic carbocycles. The second-order valence-corrected chi connectivity index (χ2v) is 8.99. The van der Waals surface area contributed by atoms with Gasteiger partial charge in [-0.1, -0.05) is 35.3 Å². The van der Waals surface area contributed by atoms with Crippen LogP contribution in [0.15, 0.2) is 45.9 Å². The van der Waals surface area contributed by atoms with Gasteiger partial charge in [0.15, 0.2) is 5.52 Å². The number of rotatable bonds is 4. The van der Waals surface area contributed by atoms with Crippen LogP contribution in [0, 0.1) is 0 Å². The van der Waals surface area contributed by atoms with Crippen molar-refractivity contribution in [1.29, 1.82) is 0 Å². The normalized spacial score (nSPS) is 16.8. The highest BCUT2D eigenvalue weighted by Crippen LogP contribution is 2.27. The molecular formula is C17H16Cl2N4O3S. The van der Waals surface area contributed by atoms with Crippen LogP contribution in [-0.2, 0) is 16.6 Å². The van der Waals surface area contributed by atoms with Crippen molar-refractivity contribution in [3.8, 4) is 0 Å². The first-order chi connectivity index (χ1) is 13.0. The van der Waals surface area contributed by atoms with Gasteiger partial charge in [0.05, 0.1) is 0 Å². The van der Waals surface area contributed by atoms with Gasteiger partial charge in [0.1, 0.15) is 10.4 Å². The molecular weight excluding hydrogens is 411 g/mol. The predicted octanol–water partition coefficient (Wildman–Crippen LogP) is 3.04. The number of hydrogen-bond donors (Lipinski definition) is 0. The van der Waals surface area contributed by atoms with Crippen LogP contribution in [0.5, 0.6) is 0 Å². The quantitative estimate of drug-likeness (QED) is 0.637. The molecule has 0 bridgehead atoms. The van der Waals surface area contributed by atoms with Crippen molar-refractivity contribution in [1.82, 2.24) is 19.5 Å². The van der Waals surface area contributed by atoms with Gasteiger partial charge in [-0.25, -0.2) is 13.0 Å². The molecule has 10 heteroatoms. The number of nitrogens with zero attached hydrogens (tertiary/aromatic N) is 4. The summed E-state index contributed by atoms with van der Waals surface area (Å²) in [4.78, 5) is 2.25. The van der Waals surface area contributed by atoms with Crippen molar-refractivity contribution < 1.29 is 13.0 Å². The Morgan fingerprint density at radius 3 is 2.33 bits per heavy atom. The molecule has 0 N–H and O–H groups in total. The number of halogens is 2. The molecule has 1 aliphatic rings. The molecule has 2 aromatic carbocycles. The lowest BCUT2D eigenvalue weighted by molar-refractivity contribution is 0.181. The zero-order valence-corrected chi connectivity index (χ0v) is 16.5. The fourth-order valence-electron chi connectivity index (χ4n) is 3.16. The second kappa shape index (κ2) is 7.37. The highest BCUT2D eigenvalue weighted by Gasteiger charge is 2.31. The summed E-state index contributed by atoms with van der Waals surface area (Å²) in [6, 6.07) is 10.2. The Labute approximate surface area is 166 Å². The van der Waals surface area contributed by atoms with E-state index in [4.69, 9.17) is 23.2 Å². The van der Waals surface area contributed by atoms with E-state index in [2.05, 4.69) is 19.8 Å². The summed E-state index contributed by atoms with van der Waals surface area (Å²) in [5.74, 6) is 0. The fraction of sp³-hybridized carbons (Fsp3) is 0.294. The van der Waals surface area contributed by atoms with Crippen molar-refractivity contribution in [2.75, 3.05) is 26.2 Å².